The Hall–Kier alpha value is -1.59. The number of carboxylic acid groups (broad SMARTS) is 1. The van der Waals surface area contributed by atoms with Crippen molar-refractivity contribution in [3.8, 4) is 0 Å². The molecule has 0 heterocycles. The van der Waals surface area contributed by atoms with Crippen LogP contribution in [0.25, 0.3) is 0 Å². The predicted octanol–water partition coefficient (Wildman–Crippen LogP) is -0.556. The number of carboxylic acids is 1. The maximum Gasteiger partial charge on any atom is 0.305 e. The molecule has 0 aliphatic carbocycles. The Kier molecular flexibility index (Phi) is 5.36. The lowest BCUT2D eigenvalue weighted by Crippen LogP contribution is -2.45. The first-order valence-corrected chi connectivity index (χ1v) is 4.58. The fourth-order valence-electron chi connectivity index (χ4n) is 1.07. The molecular formula is C9H16N2O4. The molecule has 0 aromatic rings. The largest absolute Gasteiger partial charge is 0.481 e. The fraction of sp³-hybridized carbons (Fsp3) is 0.667. The molecule has 15 heavy (non-hydrogen) atoms. The Bertz CT molecular complexity index is 265. The van der Waals surface area contributed by atoms with E-state index in [1.54, 1.807) is 6.92 Å². The lowest BCUT2D eigenvalue weighted by Gasteiger charge is -2.20. The van der Waals surface area contributed by atoms with Crippen LogP contribution in [0.1, 0.15) is 20.3 Å². The molecule has 0 saturated carbocycles. The van der Waals surface area contributed by atoms with E-state index in [9.17, 15) is 14.4 Å². The predicted molar refractivity (Wildman–Crippen MR) is 53.2 cm³/mol. The van der Waals surface area contributed by atoms with Gasteiger partial charge in [-0.05, 0) is 6.92 Å². The first kappa shape index (κ1) is 13.4. The normalized spacial score (nSPS) is 11.7. The first-order chi connectivity index (χ1) is 6.84. The Morgan fingerprint density at radius 3 is 2.33 bits per heavy atom. The average molecular weight is 216 g/mol. The van der Waals surface area contributed by atoms with Crippen LogP contribution in [0, 0.1) is 0 Å². The molecule has 1 unspecified atom stereocenters. The number of carbonyl (C=O) groups excluding carboxylic acids is 2. The third-order valence-electron chi connectivity index (χ3n) is 1.83. The highest BCUT2D eigenvalue weighted by Gasteiger charge is 2.18. The molecule has 2 amide bonds. The van der Waals surface area contributed by atoms with Gasteiger partial charge in [-0.25, -0.2) is 0 Å². The Morgan fingerprint density at radius 1 is 1.40 bits per heavy atom. The number of rotatable bonds is 5. The molecule has 6 nitrogen and oxygen atoms in total. The minimum atomic E-state index is -0.957. The summed E-state index contributed by atoms with van der Waals surface area (Å²) in [5, 5.41) is 10.9. The molecule has 1 atom stereocenters. The van der Waals surface area contributed by atoms with Crippen molar-refractivity contribution in [2.24, 2.45) is 0 Å². The Morgan fingerprint density at radius 2 is 1.93 bits per heavy atom. The van der Waals surface area contributed by atoms with Crippen molar-refractivity contribution in [2.75, 3.05) is 13.6 Å². The van der Waals surface area contributed by atoms with Crippen molar-refractivity contribution in [3.05, 3.63) is 0 Å². The van der Waals surface area contributed by atoms with Crippen LogP contribution in [0.2, 0.25) is 0 Å². The van der Waals surface area contributed by atoms with Gasteiger partial charge in [0.2, 0.25) is 11.8 Å². The van der Waals surface area contributed by atoms with Crippen molar-refractivity contribution in [1.29, 1.82) is 0 Å². The highest BCUT2D eigenvalue weighted by molar-refractivity contribution is 5.86. The number of aliphatic carboxylic acids is 1. The molecule has 0 fully saturated rings. The summed E-state index contributed by atoms with van der Waals surface area (Å²) in [5.41, 5.74) is 0. The topological polar surface area (TPSA) is 86.7 Å². The number of carbonyl (C=O) groups is 3. The van der Waals surface area contributed by atoms with Crippen LogP contribution in [-0.2, 0) is 14.4 Å². The fourth-order valence-corrected chi connectivity index (χ4v) is 1.07. The van der Waals surface area contributed by atoms with Gasteiger partial charge in [0.15, 0.2) is 0 Å². The van der Waals surface area contributed by atoms with E-state index < -0.39 is 12.0 Å². The van der Waals surface area contributed by atoms with E-state index in [1.807, 2.05) is 0 Å². The number of nitrogens with zero attached hydrogens (tertiary/aromatic N) is 1. The van der Waals surface area contributed by atoms with Crippen LogP contribution in [0.4, 0.5) is 0 Å². The minimum Gasteiger partial charge on any atom is -0.481 e. The summed E-state index contributed by atoms with van der Waals surface area (Å²) in [5.74, 6) is -1.55. The van der Waals surface area contributed by atoms with E-state index in [2.05, 4.69) is 5.32 Å². The van der Waals surface area contributed by atoms with Crippen LogP contribution >= 0.6 is 0 Å². The summed E-state index contributed by atoms with van der Waals surface area (Å²) < 4.78 is 0. The zero-order valence-corrected chi connectivity index (χ0v) is 9.11. The lowest BCUT2D eigenvalue weighted by atomic mass is 10.2. The number of hydrogen-bond donors (Lipinski definition) is 2. The van der Waals surface area contributed by atoms with Gasteiger partial charge in [-0.3, -0.25) is 14.4 Å². The highest BCUT2D eigenvalue weighted by atomic mass is 16.4. The van der Waals surface area contributed by atoms with E-state index in [1.165, 1.54) is 18.9 Å². The molecule has 86 valence electrons. The summed E-state index contributed by atoms with van der Waals surface area (Å²) in [4.78, 5) is 33.7. The maximum absolute atomic E-state index is 11.5. The van der Waals surface area contributed by atoms with Crippen molar-refractivity contribution >= 4 is 17.8 Å². The molecule has 0 radical (unpaired) electrons. The second-order valence-electron chi connectivity index (χ2n) is 3.33. The van der Waals surface area contributed by atoms with E-state index in [4.69, 9.17) is 5.11 Å². The van der Waals surface area contributed by atoms with E-state index in [0.29, 0.717) is 0 Å². The first-order valence-electron chi connectivity index (χ1n) is 4.58. The van der Waals surface area contributed by atoms with E-state index in [-0.39, 0.29) is 24.8 Å². The quantitative estimate of drug-likeness (QED) is 0.645. The molecule has 0 aliphatic rings. The zero-order valence-electron chi connectivity index (χ0n) is 9.11. The van der Waals surface area contributed by atoms with Gasteiger partial charge < -0.3 is 15.3 Å². The minimum absolute atomic E-state index is 0.102. The van der Waals surface area contributed by atoms with Gasteiger partial charge in [-0.2, -0.15) is 0 Å². The summed E-state index contributed by atoms with van der Waals surface area (Å²) in [6.07, 6.45) is -0.102. The molecule has 0 spiro atoms. The van der Waals surface area contributed by atoms with Crippen LogP contribution < -0.4 is 5.32 Å². The van der Waals surface area contributed by atoms with Crippen molar-refractivity contribution in [2.45, 2.75) is 26.3 Å². The SMILES string of the molecule is CC(=O)NC(C)C(=O)N(C)CCC(=O)O. The van der Waals surface area contributed by atoms with Crippen molar-refractivity contribution < 1.29 is 19.5 Å². The summed E-state index contributed by atoms with van der Waals surface area (Å²) in [7, 11) is 1.50. The van der Waals surface area contributed by atoms with Crippen LogP contribution in [0.5, 0.6) is 0 Å². The standard InChI is InChI=1S/C9H16N2O4/c1-6(10-7(2)12)9(15)11(3)5-4-8(13)14/h6H,4-5H2,1-3H3,(H,10,12)(H,13,14). The van der Waals surface area contributed by atoms with Crippen LogP contribution in [-0.4, -0.2) is 47.4 Å². The molecular weight excluding hydrogens is 200 g/mol. The molecule has 0 rings (SSSR count). The Labute approximate surface area is 88.2 Å². The molecule has 0 bridgehead atoms. The van der Waals surface area contributed by atoms with Gasteiger partial charge in [0, 0.05) is 20.5 Å². The molecule has 0 aromatic heterocycles. The van der Waals surface area contributed by atoms with Gasteiger partial charge in [0.25, 0.3) is 0 Å². The second-order valence-corrected chi connectivity index (χ2v) is 3.33. The summed E-state index contributed by atoms with van der Waals surface area (Å²) in [6.45, 7) is 3.01. The smallest absolute Gasteiger partial charge is 0.305 e. The van der Waals surface area contributed by atoms with Gasteiger partial charge in [0.1, 0.15) is 6.04 Å². The lowest BCUT2D eigenvalue weighted by molar-refractivity contribution is -0.139. The number of likely N-dealkylation sites (N-methyl/N-ethyl adjacent to an activating group) is 1. The van der Waals surface area contributed by atoms with Gasteiger partial charge in [-0.15, -0.1) is 0 Å². The summed E-state index contributed by atoms with van der Waals surface area (Å²) in [6, 6.07) is -0.624. The van der Waals surface area contributed by atoms with Crippen molar-refractivity contribution in [1.82, 2.24) is 10.2 Å². The zero-order chi connectivity index (χ0) is 12.0. The molecule has 2 N–H and O–H groups in total. The third kappa shape index (κ3) is 5.66. The van der Waals surface area contributed by atoms with Gasteiger partial charge in [-0.1, -0.05) is 0 Å². The molecule has 6 heteroatoms. The number of hydrogen-bond acceptors (Lipinski definition) is 3. The van der Waals surface area contributed by atoms with E-state index >= 15 is 0 Å². The van der Waals surface area contributed by atoms with Gasteiger partial charge >= 0.3 is 5.97 Å². The van der Waals surface area contributed by atoms with Crippen LogP contribution in [0.3, 0.4) is 0 Å². The molecule has 0 saturated heterocycles. The van der Waals surface area contributed by atoms with Crippen LogP contribution in [0.15, 0.2) is 0 Å². The molecule has 0 aliphatic heterocycles. The maximum atomic E-state index is 11.5. The number of amides is 2. The van der Waals surface area contributed by atoms with E-state index in [0.717, 1.165) is 0 Å². The summed E-state index contributed by atoms with van der Waals surface area (Å²) >= 11 is 0. The number of nitrogens with one attached hydrogen (secondary N) is 1. The molecule has 0 aromatic carbocycles. The van der Waals surface area contributed by atoms with Gasteiger partial charge in [0.05, 0.1) is 6.42 Å². The highest BCUT2D eigenvalue weighted by Crippen LogP contribution is 1.94. The van der Waals surface area contributed by atoms with Crippen molar-refractivity contribution in [3.63, 3.8) is 0 Å². The third-order valence-corrected chi connectivity index (χ3v) is 1.83. The Balaban J connectivity index is 4.07. The monoisotopic (exact) mass is 216 g/mol. The second kappa shape index (κ2) is 6.00. The average Bonchev–Trinajstić information content (AvgIpc) is 2.11.